The Bertz CT molecular complexity index is 484. The Kier molecular flexibility index (Phi) is 2.71. The van der Waals surface area contributed by atoms with Crippen LogP contribution in [0.3, 0.4) is 0 Å². The molecule has 0 aliphatic heterocycles. The smallest absolute Gasteiger partial charge is 0.143 e. The van der Waals surface area contributed by atoms with Gasteiger partial charge in [-0.05, 0) is 11.6 Å². The van der Waals surface area contributed by atoms with Crippen molar-refractivity contribution in [3.63, 3.8) is 0 Å². The number of aromatic nitrogens is 1. The highest BCUT2D eigenvalue weighted by Crippen LogP contribution is 2.19. The summed E-state index contributed by atoms with van der Waals surface area (Å²) in [6, 6.07) is 8.03. The molecule has 0 fully saturated rings. The molecule has 0 radical (unpaired) electrons. The molecule has 2 rings (SSSR count). The maximum absolute atomic E-state index is 11.7. The Hall–Kier alpha value is -1.36. The number of para-hydroxylation sites is 1. The molecule has 16 heavy (non-hydrogen) atoms. The van der Waals surface area contributed by atoms with Gasteiger partial charge in [0.25, 0.3) is 0 Å². The Morgan fingerprint density at radius 1 is 1.38 bits per heavy atom. The van der Waals surface area contributed by atoms with Crippen LogP contribution in [0.1, 0.15) is 5.56 Å². The van der Waals surface area contributed by atoms with E-state index in [0.717, 1.165) is 16.5 Å². The van der Waals surface area contributed by atoms with E-state index in [1.54, 1.807) is 14.1 Å². The number of hydroxylamine groups is 3. The van der Waals surface area contributed by atoms with Crippen LogP contribution in [0.5, 0.6) is 0 Å². The maximum Gasteiger partial charge on any atom is 0.143 e. The van der Waals surface area contributed by atoms with Crippen molar-refractivity contribution < 1.29 is 4.65 Å². The second-order valence-corrected chi connectivity index (χ2v) is 4.57. The molecule has 4 heteroatoms. The van der Waals surface area contributed by atoms with Gasteiger partial charge in [0.15, 0.2) is 0 Å². The zero-order chi connectivity index (χ0) is 11.8. The van der Waals surface area contributed by atoms with Gasteiger partial charge >= 0.3 is 0 Å². The molecular formula is C12H17N3O. The van der Waals surface area contributed by atoms with Crippen molar-refractivity contribution in [2.75, 3.05) is 14.1 Å². The number of fused-ring (bicyclic) bond motifs is 1. The summed E-state index contributed by atoms with van der Waals surface area (Å²) in [6.45, 7) is 0. The van der Waals surface area contributed by atoms with Crippen LogP contribution in [-0.2, 0) is 6.42 Å². The summed E-state index contributed by atoms with van der Waals surface area (Å²) >= 11 is 0. The van der Waals surface area contributed by atoms with Crippen LogP contribution in [0.25, 0.3) is 10.9 Å². The highest BCUT2D eigenvalue weighted by Gasteiger charge is 2.17. The lowest BCUT2D eigenvalue weighted by Crippen LogP contribution is -2.50. The minimum atomic E-state index is -0.473. The van der Waals surface area contributed by atoms with Crippen molar-refractivity contribution in [3.05, 3.63) is 41.2 Å². The van der Waals surface area contributed by atoms with Crippen molar-refractivity contribution in [1.82, 2.24) is 4.98 Å². The molecule has 2 aromatic rings. The second-order valence-electron chi connectivity index (χ2n) is 4.57. The molecule has 3 N–H and O–H groups in total. The molecule has 1 unspecified atom stereocenters. The molecule has 1 aromatic carbocycles. The van der Waals surface area contributed by atoms with Crippen LogP contribution < -0.4 is 5.73 Å². The Morgan fingerprint density at radius 3 is 2.75 bits per heavy atom. The Balaban J connectivity index is 2.28. The largest absolute Gasteiger partial charge is 0.632 e. The lowest BCUT2D eigenvalue weighted by atomic mass is 10.1. The first-order chi connectivity index (χ1) is 7.48. The minimum Gasteiger partial charge on any atom is -0.632 e. The van der Waals surface area contributed by atoms with E-state index in [1.807, 2.05) is 30.5 Å². The quantitative estimate of drug-likeness (QED) is 0.467. The maximum atomic E-state index is 11.7. The van der Waals surface area contributed by atoms with E-state index in [1.165, 1.54) is 0 Å². The van der Waals surface area contributed by atoms with Gasteiger partial charge in [-0.1, -0.05) is 18.2 Å². The number of hydrogen-bond donors (Lipinski definition) is 2. The summed E-state index contributed by atoms with van der Waals surface area (Å²) in [5.74, 6) is 0. The molecule has 0 bridgehead atoms. The average molecular weight is 219 g/mol. The molecule has 0 saturated heterocycles. The number of quaternary nitrogens is 1. The first kappa shape index (κ1) is 11.1. The first-order valence-electron chi connectivity index (χ1n) is 5.34. The molecule has 1 aromatic heterocycles. The number of nitrogens with two attached hydrogens (primary N) is 1. The third-order valence-electron chi connectivity index (χ3n) is 2.90. The zero-order valence-corrected chi connectivity index (χ0v) is 9.60. The van der Waals surface area contributed by atoms with Gasteiger partial charge in [0.05, 0.1) is 14.1 Å². The zero-order valence-electron chi connectivity index (χ0n) is 9.60. The predicted molar refractivity (Wildman–Crippen MR) is 65.5 cm³/mol. The van der Waals surface area contributed by atoms with E-state index in [0.29, 0.717) is 6.42 Å². The highest BCUT2D eigenvalue weighted by atomic mass is 16.5. The molecule has 0 spiro atoms. The Morgan fingerprint density at radius 2 is 2.06 bits per heavy atom. The van der Waals surface area contributed by atoms with E-state index in [-0.39, 0.29) is 0 Å². The SMILES string of the molecule is C[N+](C)([O-])C(N)Cc1c[nH]c2ccccc12. The van der Waals surface area contributed by atoms with Crippen LogP contribution in [0.15, 0.2) is 30.5 Å². The fourth-order valence-electron chi connectivity index (χ4n) is 1.75. The lowest BCUT2D eigenvalue weighted by Gasteiger charge is -2.39. The van der Waals surface area contributed by atoms with E-state index < -0.39 is 10.8 Å². The topological polar surface area (TPSA) is 64.9 Å². The first-order valence-corrected chi connectivity index (χ1v) is 5.34. The molecule has 0 aliphatic carbocycles. The van der Waals surface area contributed by atoms with Crippen LogP contribution in [0.2, 0.25) is 0 Å². The van der Waals surface area contributed by atoms with E-state index in [2.05, 4.69) is 4.98 Å². The number of aromatic amines is 1. The number of H-pyrrole nitrogens is 1. The summed E-state index contributed by atoms with van der Waals surface area (Å²) in [7, 11) is 3.14. The highest BCUT2D eigenvalue weighted by molar-refractivity contribution is 5.83. The number of hydrogen-bond acceptors (Lipinski definition) is 2. The van der Waals surface area contributed by atoms with Crippen LogP contribution in [0.4, 0.5) is 0 Å². The van der Waals surface area contributed by atoms with Crippen molar-refractivity contribution in [3.8, 4) is 0 Å². The lowest BCUT2D eigenvalue weighted by molar-refractivity contribution is -0.866. The van der Waals surface area contributed by atoms with E-state index >= 15 is 0 Å². The summed E-state index contributed by atoms with van der Waals surface area (Å²) in [4.78, 5) is 3.18. The summed E-state index contributed by atoms with van der Waals surface area (Å²) < 4.78 is -0.473. The second kappa shape index (κ2) is 3.90. The number of nitrogens with zero attached hydrogens (tertiary/aromatic N) is 1. The molecule has 86 valence electrons. The van der Waals surface area contributed by atoms with Crippen molar-refractivity contribution in [2.24, 2.45) is 5.73 Å². The third-order valence-corrected chi connectivity index (χ3v) is 2.90. The molecule has 4 nitrogen and oxygen atoms in total. The monoisotopic (exact) mass is 219 g/mol. The molecule has 0 aliphatic rings. The number of nitrogens with one attached hydrogen (secondary N) is 1. The molecule has 1 heterocycles. The summed E-state index contributed by atoms with van der Waals surface area (Å²) in [5.41, 5.74) is 8.06. The standard InChI is InChI=1S/C12H17N3O/c1-15(2,16)12(13)7-9-8-14-11-6-4-3-5-10(9)11/h3-6,8,12,14H,7,13H2,1-2H3. The van der Waals surface area contributed by atoms with Crippen LogP contribution >= 0.6 is 0 Å². The Labute approximate surface area is 94.8 Å². The van der Waals surface area contributed by atoms with Crippen LogP contribution in [0, 0.1) is 5.21 Å². The fraction of sp³-hybridized carbons (Fsp3) is 0.333. The molecule has 1 atom stereocenters. The molecule has 0 amide bonds. The fourth-order valence-corrected chi connectivity index (χ4v) is 1.75. The van der Waals surface area contributed by atoms with Crippen LogP contribution in [-0.4, -0.2) is 29.9 Å². The summed E-state index contributed by atoms with van der Waals surface area (Å²) in [5, 5.41) is 12.8. The predicted octanol–water partition coefficient (Wildman–Crippen LogP) is 1.57. The normalized spacial score (nSPS) is 14.2. The number of benzene rings is 1. The minimum absolute atomic E-state index is 0.431. The summed E-state index contributed by atoms with van der Waals surface area (Å²) in [6.07, 6.45) is 2.08. The van der Waals surface area contributed by atoms with Gasteiger partial charge in [-0.15, -0.1) is 0 Å². The number of likely N-dealkylation sites (N-methyl/N-ethyl adjacent to an activating group) is 1. The molecule has 0 saturated carbocycles. The van der Waals surface area contributed by atoms with Crippen molar-refractivity contribution in [2.45, 2.75) is 12.6 Å². The van der Waals surface area contributed by atoms with Gasteiger partial charge in [-0.3, -0.25) is 5.73 Å². The van der Waals surface area contributed by atoms with E-state index in [4.69, 9.17) is 5.73 Å². The van der Waals surface area contributed by atoms with Gasteiger partial charge in [0.1, 0.15) is 6.17 Å². The van der Waals surface area contributed by atoms with Gasteiger partial charge in [0.2, 0.25) is 0 Å². The average Bonchev–Trinajstić information content (AvgIpc) is 2.61. The van der Waals surface area contributed by atoms with Gasteiger partial charge in [-0.2, -0.15) is 0 Å². The third kappa shape index (κ3) is 2.09. The van der Waals surface area contributed by atoms with Gasteiger partial charge in [-0.25, -0.2) is 0 Å². The van der Waals surface area contributed by atoms with Crippen molar-refractivity contribution in [1.29, 1.82) is 0 Å². The van der Waals surface area contributed by atoms with Gasteiger partial charge in [0, 0.05) is 23.5 Å². The van der Waals surface area contributed by atoms with Gasteiger partial charge < -0.3 is 14.8 Å². The molecular weight excluding hydrogens is 202 g/mol. The van der Waals surface area contributed by atoms with E-state index in [9.17, 15) is 5.21 Å². The van der Waals surface area contributed by atoms with Crippen molar-refractivity contribution >= 4 is 10.9 Å². The number of rotatable bonds is 3.